The molecule has 1 aliphatic rings. The molecular formula is C22H25NO3. The molecule has 1 heterocycles. The van der Waals surface area contributed by atoms with Crippen LogP contribution in [0.4, 0.5) is 0 Å². The van der Waals surface area contributed by atoms with E-state index >= 15 is 0 Å². The highest BCUT2D eigenvalue weighted by molar-refractivity contribution is 6.00. The zero-order valence-corrected chi connectivity index (χ0v) is 15.4. The van der Waals surface area contributed by atoms with Crippen molar-refractivity contribution in [3.8, 4) is 11.5 Å². The van der Waals surface area contributed by atoms with Gasteiger partial charge in [-0.25, -0.2) is 0 Å². The Hall–Kier alpha value is -2.59. The summed E-state index contributed by atoms with van der Waals surface area (Å²) in [6.45, 7) is 5.13. The van der Waals surface area contributed by atoms with Gasteiger partial charge in [0.25, 0.3) is 0 Å². The maximum absolute atomic E-state index is 12.2. The van der Waals surface area contributed by atoms with Gasteiger partial charge < -0.3 is 9.47 Å². The number of piperidine rings is 1. The van der Waals surface area contributed by atoms with Crippen LogP contribution in [0.1, 0.15) is 24.5 Å². The minimum Gasteiger partial charge on any atom is -0.493 e. The van der Waals surface area contributed by atoms with Gasteiger partial charge in [-0.15, -0.1) is 0 Å². The van der Waals surface area contributed by atoms with Crippen LogP contribution in [0.2, 0.25) is 0 Å². The van der Waals surface area contributed by atoms with Crippen LogP contribution >= 0.6 is 0 Å². The first-order chi connectivity index (χ1) is 12.7. The second-order valence-corrected chi connectivity index (χ2v) is 6.40. The number of benzene rings is 2. The van der Waals surface area contributed by atoms with Gasteiger partial charge in [-0.1, -0.05) is 43.3 Å². The summed E-state index contributed by atoms with van der Waals surface area (Å²) in [6, 6.07) is 15.8. The molecule has 1 saturated heterocycles. The lowest BCUT2D eigenvalue weighted by molar-refractivity contribution is -0.117. The summed E-state index contributed by atoms with van der Waals surface area (Å²) in [5.74, 6) is 1.60. The van der Waals surface area contributed by atoms with Crippen molar-refractivity contribution in [3.05, 3.63) is 65.2 Å². The third kappa shape index (κ3) is 4.52. The average molecular weight is 351 g/mol. The van der Waals surface area contributed by atoms with Crippen LogP contribution in [0.25, 0.3) is 6.08 Å². The van der Waals surface area contributed by atoms with Gasteiger partial charge in [-0.05, 0) is 35.9 Å². The summed E-state index contributed by atoms with van der Waals surface area (Å²) in [6.07, 6.45) is 2.56. The predicted octanol–water partition coefficient (Wildman–Crippen LogP) is 3.95. The molecule has 0 aromatic heterocycles. The molecule has 0 amide bonds. The number of carbonyl (C=O) groups is 1. The smallest absolute Gasteiger partial charge is 0.161 e. The summed E-state index contributed by atoms with van der Waals surface area (Å²) < 4.78 is 11.4. The van der Waals surface area contributed by atoms with Crippen molar-refractivity contribution in [2.45, 2.75) is 20.0 Å². The molecule has 4 nitrogen and oxygen atoms in total. The van der Waals surface area contributed by atoms with Crippen molar-refractivity contribution < 1.29 is 14.3 Å². The van der Waals surface area contributed by atoms with Gasteiger partial charge in [-0.3, -0.25) is 9.69 Å². The van der Waals surface area contributed by atoms with E-state index in [0.29, 0.717) is 31.1 Å². The van der Waals surface area contributed by atoms with Gasteiger partial charge in [-0.2, -0.15) is 0 Å². The third-order valence-electron chi connectivity index (χ3n) is 4.62. The minimum absolute atomic E-state index is 0.234. The normalized spacial score (nSPS) is 16.7. The SMILES string of the molecule is CCN1CCC(=O)/C(=C/c2ccc(OCc3ccccc3)c(OC)c2)C1. The van der Waals surface area contributed by atoms with E-state index in [2.05, 4.69) is 11.8 Å². The first-order valence-electron chi connectivity index (χ1n) is 9.00. The van der Waals surface area contributed by atoms with Crippen molar-refractivity contribution in [2.75, 3.05) is 26.7 Å². The van der Waals surface area contributed by atoms with Crippen LogP contribution in [0, 0.1) is 0 Å². The quantitative estimate of drug-likeness (QED) is 0.739. The Bertz CT molecular complexity index is 783. The molecule has 0 spiro atoms. The van der Waals surface area contributed by atoms with Gasteiger partial charge in [0.2, 0.25) is 0 Å². The second-order valence-electron chi connectivity index (χ2n) is 6.40. The Kier molecular flexibility index (Phi) is 6.08. The Morgan fingerprint density at radius 3 is 2.65 bits per heavy atom. The Morgan fingerprint density at radius 1 is 1.12 bits per heavy atom. The van der Waals surface area contributed by atoms with Crippen LogP contribution in [0.3, 0.4) is 0 Å². The number of ketones is 1. The van der Waals surface area contributed by atoms with E-state index in [1.54, 1.807) is 7.11 Å². The molecule has 0 bridgehead atoms. The molecule has 3 rings (SSSR count). The fourth-order valence-corrected chi connectivity index (χ4v) is 3.05. The van der Waals surface area contributed by atoms with E-state index in [0.717, 1.165) is 29.8 Å². The van der Waals surface area contributed by atoms with Gasteiger partial charge in [0.05, 0.1) is 7.11 Å². The zero-order chi connectivity index (χ0) is 18.4. The van der Waals surface area contributed by atoms with Crippen LogP contribution in [-0.4, -0.2) is 37.4 Å². The molecule has 0 atom stereocenters. The topological polar surface area (TPSA) is 38.8 Å². The lowest BCUT2D eigenvalue weighted by atomic mass is 10.0. The number of hydrogen-bond acceptors (Lipinski definition) is 4. The van der Waals surface area contributed by atoms with E-state index in [1.165, 1.54) is 0 Å². The molecule has 0 unspecified atom stereocenters. The maximum atomic E-state index is 12.2. The molecule has 0 aliphatic carbocycles. The highest BCUT2D eigenvalue weighted by Gasteiger charge is 2.20. The lowest BCUT2D eigenvalue weighted by Crippen LogP contribution is -2.35. The number of carbonyl (C=O) groups excluding carboxylic acids is 1. The number of nitrogens with zero attached hydrogens (tertiary/aromatic N) is 1. The average Bonchev–Trinajstić information content (AvgIpc) is 2.69. The summed E-state index contributed by atoms with van der Waals surface area (Å²) in [5.41, 5.74) is 2.92. The summed E-state index contributed by atoms with van der Waals surface area (Å²) in [5, 5.41) is 0. The standard InChI is InChI=1S/C22H25NO3/c1-3-23-12-11-20(24)19(15-23)13-18-9-10-21(22(14-18)25-2)26-16-17-7-5-4-6-8-17/h4-10,13-14H,3,11-12,15-16H2,1-2H3/b19-13+. The molecule has 0 N–H and O–H groups in total. The van der Waals surface area contributed by atoms with Crippen LogP contribution in [-0.2, 0) is 11.4 Å². The number of ether oxygens (including phenoxy) is 2. The van der Waals surface area contributed by atoms with Crippen LogP contribution < -0.4 is 9.47 Å². The monoisotopic (exact) mass is 351 g/mol. The number of hydrogen-bond donors (Lipinski definition) is 0. The van der Waals surface area contributed by atoms with Crippen LogP contribution in [0.5, 0.6) is 11.5 Å². The Balaban J connectivity index is 1.75. The zero-order valence-electron chi connectivity index (χ0n) is 15.4. The summed E-state index contributed by atoms with van der Waals surface area (Å²) >= 11 is 0. The molecule has 4 heteroatoms. The Labute approximate surface area is 155 Å². The van der Waals surface area contributed by atoms with Crippen molar-refractivity contribution in [1.29, 1.82) is 0 Å². The predicted molar refractivity (Wildman–Crippen MR) is 103 cm³/mol. The van der Waals surface area contributed by atoms with Gasteiger partial charge >= 0.3 is 0 Å². The van der Waals surface area contributed by atoms with Crippen LogP contribution in [0.15, 0.2) is 54.1 Å². The van der Waals surface area contributed by atoms with Crippen molar-refractivity contribution >= 4 is 11.9 Å². The second kappa shape index (κ2) is 8.68. The molecule has 2 aromatic rings. The number of rotatable bonds is 6. The van der Waals surface area contributed by atoms with Gasteiger partial charge in [0, 0.05) is 25.1 Å². The van der Waals surface area contributed by atoms with Crippen molar-refractivity contribution in [1.82, 2.24) is 4.90 Å². The number of likely N-dealkylation sites (N-methyl/N-ethyl adjacent to an activating group) is 1. The number of methoxy groups -OCH3 is 1. The fourth-order valence-electron chi connectivity index (χ4n) is 3.05. The molecule has 0 radical (unpaired) electrons. The van der Waals surface area contributed by atoms with E-state index in [-0.39, 0.29) is 5.78 Å². The first-order valence-corrected chi connectivity index (χ1v) is 9.00. The van der Waals surface area contributed by atoms with E-state index < -0.39 is 0 Å². The lowest BCUT2D eigenvalue weighted by Gasteiger charge is -2.26. The minimum atomic E-state index is 0.234. The molecule has 0 saturated carbocycles. The first kappa shape index (κ1) is 18.2. The maximum Gasteiger partial charge on any atom is 0.161 e. The largest absolute Gasteiger partial charge is 0.493 e. The molecule has 26 heavy (non-hydrogen) atoms. The van der Waals surface area contributed by atoms with E-state index in [1.807, 2.05) is 54.6 Å². The third-order valence-corrected chi connectivity index (χ3v) is 4.62. The van der Waals surface area contributed by atoms with Gasteiger partial charge in [0.15, 0.2) is 17.3 Å². The number of Topliss-reactive ketones (excluding diaryl/α,β-unsaturated/α-hetero) is 1. The molecular weight excluding hydrogens is 326 g/mol. The van der Waals surface area contributed by atoms with Crippen molar-refractivity contribution in [3.63, 3.8) is 0 Å². The fraction of sp³-hybridized carbons (Fsp3) is 0.318. The molecule has 1 aliphatic heterocycles. The molecule has 1 fully saturated rings. The summed E-state index contributed by atoms with van der Waals surface area (Å²) in [7, 11) is 1.63. The van der Waals surface area contributed by atoms with Gasteiger partial charge in [0.1, 0.15) is 6.61 Å². The van der Waals surface area contributed by atoms with Crippen molar-refractivity contribution in [2.24, 2.45) is 0 Å². The molecule has 136 valence electrons. The van der Waals surface area contributed by atoms with E-state index in [9.17, 15) is 4.79 Å². The highest BCUT2D eigenvalue weighted by Crippen LogP contribution is 2.30. The Morgan fingerprint density at radius 2 is 1.92 bits per heavy atom. The highest BCUT2D eigenvalue weighted by atomic mass is 16.5. The molecule has 2 aromatic carbocycles. The van der Waals surface area contributed by atoms with E-state index in [4.69, 9.17) is 9.47 Å². The number of likely N-dealkylation sites (tertiary alicyclic amines) is 1. The summed E-state index contributed by atoms with van der Waals surface area (Å²) in [4.78, 5) is 14.5.